The van der Waals surface area contributed by atoms with Gasteiger partial charge >= 0.3 is 0 Å². The molecule has 0 radical (unpaired) electrons. The van der Waals surface area contributed by atoms with E-state index in [1.165, 1.54) is 5.56 Å². The van der Waals surface area contributed by atoms with Crippen molar-refractivity contribution < 1.29 is 4.79 Å². The molecule has 1 unspecified atom stereocenters. The molecule has 0 saturated heterocycles. The third kappa shape index (κ3) is 2.12. The van der Waals surface area contributed by atoms with E-state index in [0.29, 0.717) is 5.78 Å². The quantitative estimate of drug-likeness (QED) is 0.738. The fourth-order valence-corrected chi connectivity index (χ4v) is 2.76. The van der Waals surface area contributed by atoms with Crippen LogP contribution >= 0.6 is 22.9 Å². The van der Waals surface area contributed by atoms with E-state index in [4.69, 9.17) is 11.6 Å². The maximum atomic E-state index is 11.4. The second-order valence-electron chi connectivity index (χ2n) is 3.52. The van der Waals surface area contributed by atoms with E-state index in [1.54, 1.807) is 11.3 Å². The Bertz CT molecular complexity index is 318. The van der Waals surface area contributed by atoms with Crippen molar-refractivity contribution in [2.24, 2.45) is 5.92 Å². The Morgan fingerprint density at radius 2 is 2.46 bits per heavy atom. The Morgan fingerprint density at radius 3 is 3.00 bits per heavy atom. The second-order valence-corrected chi connectivity index (χ2v) is 5.06. The van der Waals surface area contributed by atoms with E-state index in [2.05, 4.69) is 0 Å². The zero-order chi connectivity index (χ0) is 9.26. The van der Waals surface area contributed by atoms with Crippen molar-refractivity contribution in [1.29, 1.82) is 0 Å². The minimum atomic E-state index is 0.269. The molecule has 1 atom stereocenters. The van der Waals surface area contributed by atoms with Crippen molar-refractivity contribution in [1.82, 2.24) is 0 Å². The average molecular weight is 215 g/mol. The molecule has 1 nitrogen and oxygen atoms in total. The van der Waals surface area contributed by atoms with E-state index in [-0.39, 0.29) is 5.92 Å². The highest BCUT2D eigenvalue weighted by molar-refractivity contribution is 7.14. The lowest BCUT2D eigenvalue weighted by Gasteiger charge is -2.04. The summed E-state index contributed by atoms with van der Waals surface area (Å²) in [6.45, 7) is 0. The predicted molar refractivity (Wildman–Crippen MR) is 55.4 cm³/mol. The number of thiophene rings is 1. The van der Waals surface area contributed by atoms with E-state index >= 15 is 0 Å². The molecule has 0 amide bonds. The lowest BCUT2D eigenvalue weighted by Crippen LogP contribution is -2.08. The topological polar surface area (TPSA) is 17.1 Å². The van der Waals surface area contributed by atoms with Crippen LogP contribution in [0.3, 0.4) is 0 Å². The van der Waals surface area contributed by atoms with Gasteiger partial charge in [-0.05, 0) is 36.3 Å². The molecule has 1 aromatic rings. The SMILES string of the molecule is O=C1CCCC1Cc1csc(Cl)c1. The summed E-state index contributed by atoms with van der Waals surface area (Å²) in [6.07, 6.45) is 3.80. The zero-order valence-corrected chi connectivity index (χ0v) is 8.83. The molecule has 3 heteroatoms. The maximum absolute atomic E-state index is 11.4. The van der Waals surface area contributed by atoms with Gasteiger partial charge in [-0.25, -0.2) is 0 Å². The van der Waals surface area contributed by atoms with Crippen LogP contribution < -0.4 is 0 Å². The van der Waals surface area contributed by atoms with Gasteiger partial charge in [0.05, 0.1) is 4.34 Å². The summed E-state index contributed by atoms with van der Waals surface area (Å²) < 4.78 is 0.820. The van der Waals surface area contributed by atoms with Crippen LogP contribution in [0.25, 0.3) is 0 Å². The smallest absolute Gasteiger partial charge is 0.136 e. The van der Waals surface area contributed by atoms with Gasteiger partial charge in [-0.3, -0.25) is 4.79 Å². The molecule has 0 N–H and O–H groups in total. The van der Waals surface area contributed by atoms with Gasteiger partial charge in [0.25, 0.3) is 0 Å². The van der Waals surface area contributed by atoms with Crippen LogP contribution in [0.5, 0.6) is 0 Å². The monoisotopic (exact) mass is 214 g/mol. The Kier molecular flexibility index (Phi) is 2.70. The highest BCUT2D eigenvalue weighted by Crippen LogP contribution is 2.28. The van der Waals surface area contributed by atoms with Crippen LogP contribution in [0.2, 0.25) is 4.34 Å². The number of Topliss-reactive ketones (excluding diaryl/α,β-unsaturated/α-hetero) is 1. The van der Waals surface area contributed by atoms with Crippen LogP contribution in [-0.4, -0.2) is 5.78 Å². The van der Waals surface area contributed by atoms with E-state index in [9.17, 15) is 4.79 Å². The third-order valence-corrected chi connectivity index (χ3v) is 3.67. The van der Waals surface area contributed by atoms with Gasteiger partial charge in [-0.15, -0.1) is 11.3 Å². The minimum Gasteiger partial charge on any atom is -0.299 e. The highest BCUT2D eigenvalue weighted by atomic mass is 35.5. The molecule has 1 saturated carbocycles. The van der Waals surface area contributed by atoms with Crippen LogP contribution in [0, 0.1) is 5.92 Å². The van der Waals surface area contributed by atoms with Crippen molar-refractivity contribution in [3.8, 4) is 0 Å². The highest BCUT2D eigenvalue weighted by Gasteiger charge is 2.24. The lowest BCUT2D eigenvalue weighted by molar-refractivity contribution is -0.120. The number of ketones is 1. The Morgan fingerprint density at radius 1 is 1.62 bits per heavy atom. The summed E-state index contributed by atoms with van der Waals surface area (Å²) in [5.41, 5.74) is 1.22. The van der Waals surface area contributed by atoms with Crippen LogP contribution in [0.4, 0.5) is 0 Å². The first-order valence-corrected chi connectivity index (χ1v) is 5.77. The van der Waals surface area contributed by atoms with E-state index < -0.39 is 0 Å². The lowest BCUT2D eigenvalue weighted by atomic mass is 9.99. The molecular weight excluding hydrogens is 204 g/mol. The van der Waals surface area contributed by atoms with Crippen molar-refractivity contribution >= 4 is 28.7 Å². The van der Waals surface area contributed by atoms with Gasteiger partial charge < -0.3 is 0 Å². The first-order chi connectivity index (χ1) is 6.25. The number of rotatable bonds is 2. The van der Waals surface area contributed by atoms with Crippen LogP contribution in [-0.2, 0) is 11.2 Å². The molecule has 1 aliphatic carbocycles. The summed E-state index contributed by atoms with van der Waals surface area (Å²) >= 11 is 7.36. The molecule has 70 valence electrons. The molecule has 1 heterocycles. The van der Waals surface area contributed by atoms with Crippen LogP contribution in [0.15, 0.2) is 11.4 Å². The van der Waals surface area contributed by atoms with Crippen molar-refractivity contribution in [2.75, 3.05) is 0 Å². The van der Waals surface area contributed by atoms with Gasteiger partial charge in [0, 0.05) is 12.3 Å². The molecule has 0 spiro atoms. The van der Waals surface area contributed by atoms with Crippen molar-refractivity contribution in [2.45, 2.75) is 25.7 Å². The van der Waals surface area contributed by atoms with Gasteiger partial charge in [-0.2, -0.15) is 0 Å². The first kappa shape index (κ1) is 9.22. The molecular formula is C10H11ClOS. The second kappa shape index (κ2) is 3.81. The molecule has 1 aromatic heterocycles. The standard InChI is InChI=1S/C10H11ClOS/c11-10-5-7(6-13-10)4-8-2-1-3-9(8)12/h5-6,8H,1-4H2. The summed E-state index contributed by atoms with van der Waals surface area (Å²) in [6, 6.07) is 1.97. The van der Waals surface area contributed by atoms with E-state index in [1.807, 2.05) is 11.4 Å². The van der Waals surface area contributed by atoms with Gasteiger partial charge in [-0.1, -0.05) is 11.6 Å². The first-order valence-electron chi connectivity index (χ1n) is 4.51. The molecule has 1 aliphatic rings. The Hall–Kier alpha value is -0.340. The molecule has 13 heavy (non-hydrogen) atoms. The Balaban J connectivity index is 2.01. The zero-order valence-electron chi connectivity index (χ0n) is 7.25. The van der Waals surface area contributed by atoms with Gasteiger partial charge in [0.2, 0.25) is 0 Å². The number of carbonyl (C=O) groups is 1. The third-order valence-electron chi connectivity index (χ3n) is 2.53. The van der Waals surface area contributed by atoms with Crippen LogP contribution in [0.1, 0.15) is 24.8 Å². The fraction of sp³-hybridized carbons (Fsp3) is 0.500. The molecule has 0 aliphatic heterocycles. The summed E-state index contributed by atoms with van der Waals surface area (Å²) in [5, 5.41) is 2.05. The maximum Gasteiger partial charge on any atom is 0.136 e. The summed E-state index contributed by atoms with van der Waals surface area (Å²) in [5.74, 6) is 0.702. The van der Waals surface area contributed by atoms with Crippen molar-refractivity contribution in [3.63, 3.8) is 0 Å². The van der Waals surface area contributed by atoms with E-state index in [0.717, 1.165) is 30.0 Å². The number of hydrogen-bond donors (Lipinski definition) is 0. The number of hydrogen-bond acceptors (Lipinski definition) is 2. The molecule has 1 fully saturated rings. The van der Waals surface area contributed by atoms with Gasteiger partial charge in [0.1, 0.15) is 5.78 Å². The molecule has 0 aromatic carbocycles. The minimum absolute atomic E-state index is 0.269. The number of halogens is 1. The fourth-order valence-electron chi connectivity index (χ4n) is 1.84. The molecule has 2 rings (SSSR count). The van der Waals surface area contributed by atoms with Gasteiger partial charge in [0.15, 0.2) is 0 Å². The normalized spacial score (nSPS) is 22.5. The number of carbonyl (C=O) groups excluding carboxylic acids is 1. The van der Waals surface area contributed by atoms with Crippen molar-refractivity contribution in [3.05, 3.63) is 21.3 Å². The molecule has 0 bridgehead atoms. The predicted octanol–water partition coefficient (Wildman–Crippen LogP) is 3.31. The largest absolute Gasteiger partial charge is 0.299 e. The average Bonchev–Trinajstić information content (AvgIpc) is 2.64. The Labute approximate surface area is 86.7 Å². The summed E-state index contributed by atoms with van der Waals surface area (Å²) in [4.78, 5) is 11.4. The summed E-state index contributed by atoms with van der Waals surface area (Å²) in [7, 11) is 0.